The van der Waals surface area contributed by atoms with E-state index in [4.69, 9.17) is 9.84 Å². The number of carbonyl (C=O) groups is 1. The number of pyridine rings is 1. The minimum Gasteiger partial charge on any atom is -0.494 e. The first-order chi connectivity index (χ1) is 19.6. The number of fused-ring (bicyclic) bond motifs is 1. The van der Waals surface area contributed by atoms with Gasteiger partial charge in [0.25, 0.3) is 0 Å². The quantitative estimate of drug-likeness (QED) is 0.235. The van der Waals surface area contributed by atoms with Crippen molar-refractivity contribution in [1.29, 1.82) is 0 Å². The molecule has 0 fully saturated rings. The normalized spacial score (nSPS) is 11.0. The van der Waals surface area contributed by atoms with Gasteiger partial charge < -0.3 is 9.84 Å². The summed E-state index contributed by atoms with van der Waals surface area (Å²) in [5.74, 6) is 0.238. The van der Waals surface area contributed by atoms with Crippen molar-refractivity contribution in [2.75, 3.05) is 6.61 Å². The monoisotopic (exact) mass is 527 g/mol. The van der Waals surface area contributed by atoms with E-state index in [2.05, 4.69) is 46.1 Å². The van der Waals surface area contributed by atoms with E-state index >= 15 is 0 Å². The van der Waals surface area contributed by atoms with Gasteiger partial charge >= 0.3 is 5.97 Å². The van der Waals surface area contributed by atoms with Gasteiger partial charge in [-0.3, -0.25) is 9.97 Å². The molecule has 0 unspecified atom stereocenters. The Balaban J connectivity index is 1.39. The lowest BCUT2D eigenvalue weighted by Crippen LogP contribution is -2.05. The molecule has 0 aliphatic rings. The van der Waals surface area contributed by atoms with Gasteiger partial charge in [0.15, 0.2) is 5.82 Å². The van der Waals surface area contributed by atoms with Gasteiger partial charge in [-0.1, -0.05) is 49.4 Å². The number of rotatable bonds is 8. The second-order valence-corrected chi connectivity index (χ2v) is 9.24. The lowest BCUT2D eigenvalue weighted by atomic mass is 10.0. The van der Waals surface area contributed by atoms with Gasteiger partial charge in [-0.15, -0.1) is 0 Å². The van der Waals surface area contributed by atoms with E-state index in [1.165, 1.54) is 18.3 Å². The fourth-order valence-electron chi connectivity index (χ4n) is 4.49. The summed E-state index contributed by atoms with van der Waals surface area (Å²) in [5.41, 5.74) is 7.09. The lowest BCUT2D eigenvalue weighted by molar-refractivity contribution is 0.0696. The van der Waals surface area contributed by atoms with Gasteiger partial charge in [-0.2, -0.15) is 5.10 Å². The number of aromatic carboxylic acids is 1. The highest BCUT2D eigenvalue weighted by atomic mass is 16.5. The molecule has 3 heterocycles. The molecule has 6 rings (SSSR count). The molecular formula is C32H25N5O3. The largest absolute Gasteiger partial charge is 0.494 e. The van der Waals surface area contributed by atoms with Gasteiger partial charge in [0, 0.05) is 29.7 Å². The van der Waals surface area contributed by atoms with E-state index in [0.717, 1.165) is 56.8 Å². The van der Waals surface area contributed by atoms with Crippen LogP contribution in [0.4, 0.5) is 0 Å². The molecule has 6 aromatic rings. The maximum Gasteiger partial charge on any atom is 0.335 e. The predicted molar refractivity (Wildman–Crippen MR) is 154 cm³/mol. The van der Waals surface area contributed by atoms with E-state index in [1.54, 1.807) is 17.1 Å². The van der Waals surface area contributed by atoms with Crippen molar-refractivity contribution in [3.8, 4) is 45.2 Å². The lowest BCUT2D eigenvalue weighted by Gasteiger charge is -2.08. The van der Waals surface area contributed by atoms with Gasteiger partial charge in [-0.05, 0) is 60.0 Å². The van der Waals surface area contributed by atoms with Crippen LogP contribution >= 0.6 is 0 Å². The summed E-state index contributed by atoms with van der Waals surface area (Å²) < 4.78 is 7.37. The molecule has 40 heavy (non-hydrogen) atoms. The van der Waals surface area contributed by atoms with Crippen LogP contribution in [0.15, 0.2) is 104 Å². The number of nitrogens with zero attached hydrogens (tertiary/aromatic N) is 5. The van der Waals surface area contributed by atoms with Crippen LogP contribution in [0.1, 0.15) is 23.7 Å². The Kier molecular flexibility index (Phi) is 6.72. The molecule has 0 atom stereocenters. The molecule has 0 bridgehead atoms. The third kappa shape index (κ3) is 5.02. The third-order valence-electron chi connectivity index (χ3n) is 6.53. The van der Waals surface area contributed by atoms with Crippen LogP contribution in [0.5, 0.6) is 5.75 Å². The number of carboxylic acids is 1. The molecule has 1 N–H and O–H groups in total. The summed E-state index contributed by atoms with van der Waals surface area (Å²) in [5, 5.41) is 14.4. The zero-order valence-electron chi connectivity index (χ0n) is 21.7. The number of hydrogen-bond acceptors (Lipinski definition) is 6. The summed E-state index contributed by atoms with van der Waals surface area (Å²) in [7, 11) is 0. The summed E-state index contributed by atoms with van der Waals surface area (Å²) in [6.07, 6.45) is 5.75. The van der Waals surface area contributed by atoms with Crippen molar-refractivity contribution in [2.45, 2.75) is 13.3 Å². The molecule has 3 aromatic carbocycles. The van der Waals surface area contributed by atoms with Gasteiger partial charge in [-0.25, -0.2) is 14.5 Å². The highest BCUT2D eigenvalue weighted by Gasteiger charge is 2.16. The molecule has 0 radical (unpaired) electrons. The molecule has 8 nitrogen and oxygen atoms in total. The van der Waals surface area contributed by atoms with Crippen molar-refractivity contribution in [2.24, 2.45) is 0 Å². The zero-order chi connectivity index (χ0) is 27.5. The third-order valence-corrected chi connectivity index (χ3v) is 6.53. The van der Waals surface area contributed by atoms with Crippen LogP contribution in [0.3, 0.4) is 0 Å². The summed E-state index contributed by atoms with van der Waals surface area (Å²) in [6, 6.07) is 27.0. The Morgan fingerprint density at radius 2 is 1.43 bits per heavy atom. The average molecular weight is 528 g/mol. The molecule has 0 aliphatic carbocycles. The number of ether oxygens (including phenoxy) is 1. The van der Waals surface area contributed by atoms with Crippen LogP contribution in [0, 0.1) is 0 Å². The summed E-state index contributed by atoms with van der Waals surface area (Å²) in [4.78, 5) is 24.9. The van der Waals surface area contributed by atoms with Crippen molar-refractivity contribution < 1.29 is 14.6 Å². The molecule has 0 saturated carbocycles. The van der Waals surface area contributed by atoms with E-state index < -0.39 is 5.97 Å². The van der Waals surface area contributed by atoms with Crippen molar-refractivity contribution in [3.05, 3.63) is 109 Å². The van der Waals surface area contributed by atoms with E-state index in [0.29, 0.717) is 12.4 Å². The Hall–Kier alpha value is -5.37. The summed E-state index contributed by atoms with van der Waals surface area (Å²) in [6.45, 7) is 2.79. The SMILES string of the molecule is CCCOc1ccc(-c2ccc(-c3cc(-c4ccc5nccnc5c4)n(-c4cc(C(=O)O)ccn4)n3)cc2)cc1. The molecular weight excluding hydrogens is 502 g/mol. The maximum atomic E-state index is 11.6. The minimum atomic E-state index is -1.03. The molecule has 3 aromatic heterocycles. The smallest absolute Gasteiger partial charge is 0.335 e. The zero-order valence-corrected chi connectivity index (χ0v) is 21.7. The average Bonchev–Trinajstić information content (AvgIpc) is 3.46. The first-order valence-corrected chi connectivity index (χ1v) is 12.9. The second kappa shape index (κ2) is 10.8. The van der Waals surface area contributed by atoms with Crippen molar-refractivity contribution in [1.82, 2.24) is 24.7 Å². The molecule has 8 heteroatoms. The number of hydrogen-bond donors (Lipinski definition) is 1. The first kappa shape index (κ1) is 24.9. The molecule has 0 saturated heterocycles. The van der Waals surface area contributed by atoms with E-state index in [9.17, 15) is 9.90 Å². The Morgan fingerprint density at radius 1 is 0.750 bits per heavy atom. The van der Waals surface area contributed by atoms with Crippen molar-refractivity contribution >= 4 is 17.0 Å². The van der Waals surface area contributed by atoms with Crippen LogP contribution < -0.4 is 4.74 Å². The maximum absolute atomic E-state index is 11.6. The Morgan fingerprint density at radius 3 is 2.15 bits per heavy atom. The molecule has 0 aliphatic heterocycles. The molecule has 0 amide bonds. The fourth-order valence-corrected chi connectivity index (χ4v) is 4.49. The standard InChI is InChI=1S/C32H25N5O3/c1-2-17-40-26-10-7-22(8-11-26)21-3-5-23(6-4-21)28-20-30(24-9-12-27-29(18-24)34-16-15-33-27)37(36-28)31-19-25(32(38)39)13-14-35-31/h3-16,18-20H,2,17H2,1H3,(H,38,39). The first-order valence-electron chi connectivity index (χ1n) is 12.9. The highest BCUT2D eigenvalue weighted by Crippen LogP contribution is 2.31. The number of benzene rings is 3. The number of aromatic nitrogens is 5. The second-order valence-electron chi connectivity index (χ2n) is 9.24. The van der Waals surface area contributed by atoms with Crippen molar-refractivity contribution in [3.63, 3.8) is 0 Å². The minimum absolute atomic E-state index is 0.132. The van der Waals surface area contributed by atoms with Gasteiger partial charge in [0.2, 0.25) is 0 Å². The topological polar surface area (TPSA) is 103 Å². The summed E-state index contributed by atoms with van der Waals surface area (Å²) >= 11 is 0. The molecule has 196 valence electrons. The van der Waals surface area contributed by atoms with Crippen LogP contribution in [-0.2, 0) is 0 Å². The van der Waals surface area contributed by atoms with E-state index in [1.807, 2.05) is 48.5 Å². The Labute approximate surface area is 230 Å². The highest BCUT2D eigenvalue weighted by molar-refractivity contribution is 5.88. The van der Waals surface area contributed by atoms with Crippen LogP contribution in [-0.4, -0.2) is 42.4 Å². The number of carboxylic acid groups (broad SMARTS) is 1. The predicted octanol–water partition coefficient (Wildman–Crippen LogP) is 6.70. The Bertz CT molecular complexity index is 1810. The van der Waals surface area contributed by atoms with Crippen LogP contribution in [0.2, 0.25) is 0 Å². The van der Waals surface area contributed by atoms with E-state index in [-0.39, 0.29) is 5.56 Å². The van der Waals surface area contributed by atoms with Crippen LogP contribution in [0.25, 0.3) is 50.5 Å². The van der Waals surface area contributed by atoms with Gasteiger partial charge in [0.1, 0.15) is 5.75 Å². The molecule has 0 spiro atoms. The van der Waals surface area contributed by atoms with Gasteiger partial charge in [0.05, 0.1) is 34.6 Å². The fraction of sp³-hybridized carbons (Fsp3) is 0.0938.